The second-order valence-electron chi connectivity index (χ2n) is 4.95. The van der Waals surface area contributed by atoms with Crippen molar-refractivity contribution in [3.05, 3.63) is 77.7 Å². The molecule has 2 aromatic heterocycles. The van der Waals surface area contributed by atoms with Crippen LogP contribution in [-0.2, 0) is 11.4 Å². The van der Waals surface area contributed by atoms with Crippen molar-refractivity contribution >= 4 is 5.91 Å². The molecule has 0 radical (unpaired) electrons. The Morgan fingerprint density at radius 3 is 2.70 bits per heavy atom. The fraction of sp³-hybridized carbons (Fsp3) is 0.118. The number of pyridine rings is 1. The zero-order valence-corrected chi connectivity index (χ0v) is 12.6. The van der Waals surface area contributed by atoms with Gasteiger partial charge in [0.05, 0.1) is 24.1 Å². The van der Waals surface area contributed by atoms with E-state index in [0.717, 1.165) is 5.56 Å². The first-order chi connectivity index (χ1) is 11.3. The third kappa shape index (κ3) is 3.44. The van der Waals surface area contributed by atoms with Crippen LogP contribution in [0.2, 0.25) is 0 Å². The summed E-state index contributed by atoms with van der Waals surface area (Å²) in [4.78, 5) is 21.7. The molecular formula is C17H16N4O2. The SMILES string of the molecule is Cc1c(C(=O)NOCc2ccccc2)cnn1-c1ccccn1. The van der Waals surface area contributed by atoms with Gasteiger partial charge in [-0.1, -0.05) is 36.4 Å². The molecule has 3 aromatic rings. The lowest BCUT2D eigenvalue weighted by atomic mass is 10.2. The third-order valence-electron chi connectivity index (χ3n) is 3.37. The van der Waals surface area contributed by atoms with Crippen LogP contribution in [0.5, 0.6) is 0 Å². The minimum absolute atomic E-state index is 0.306. The lowest BCUT2D eigenvalue weighted by molar-refractivity contribution is 0.0233. The van der Waals surface area contributed by atoms with Crippen molar-refractivity contribution in [2.45, 2.75) is 13.5 Å². The molecule has 0 saturated heterocycles. The summed E-state index contributed by atoms with van der Waals surface area (Å²) < 4.78 is 1.62. The van der Waals surface area contributed by atoms with E-state index >= 15 is 0 Å². The van der Waals surface area contributed by atoms with Crippen LogP contribution in [0, 0.1) is 6.92 Å². The molecule has 23 heavy (non-hydrogen) atoms. The van der Waals surface area contributed by atoms with Crippen LogP contribution >= 0.6 is 0 Å². The summed E-state index contributed by atoms with van der Waals surface area (Å²) in [7, 11) is 0. The van der Waals surface area contributed by atoms with Gasteiger partial charge >= 0.3 is 0 Å². The summed E-state index contributed by atoms with van der Waals surface area (Å²) in [6.45, 7) is 2.12. The summed E-state index contributed by atoms with van der Waals surface area (Å²) in [6, 6.07) is 15.1. The maximum absolute atomic E-state index is 12.2. The number of amides is 1. The molecule has 0 atom stereocenters. The third-order valence-corrected chi connectivity index (χ3v) is 3.37. The first kappa shape index (κ1) is 14.9. The van der Waals surface area contributed by atoms with Gasteiger partial charge in [0.1, 0.15) is 0 Å². The molecular weight excluding hydrogens is 292 g/mol. The van der Waals surface area contributed by atoms with E-state index in [1.165, 1.54) is 6.20 Å². The molecule has 2 heterocycles. The molecule has 1 amide bonds. The summed E-state index contributed by atoms with van der Waals surface area (Å²) in [5, 5.41) is 4.21. The monoisotopic (exact) mass is 308 g/mol. The number of rotatable bonds is 5. The highest BCUT2D eigenvalue weighted by atomic mass is 16.6. The first-order valence-corrected chi connectivity index (χ1v) is 7.18. The molecule has 3 rings (SSSR count). The molecule has 0 unspecified atom stereocenters. The van der Waals surface area contributed by atoms with Gasteiger partial charge < -0.3 is 0 Å². The molecule has 0 fully saturated rings. The Morgan fingerprint density at radius 1 is 1.17 bits per heavy atom. The van der Waals surface area contributed by atoms with Crippen LogP contribution in [-0.4, -0.2) is 20.7 Å². The second kappa shape index (κ2) is 6.85. The van der Waals surface area contributed by atoms with E-state index in [1.54, 1.807) is 10.9 Å². The fourth-order valence-corrected chi connectivity index (χ4v) is 2.16. The van der Waals surface area contributed by atoms with Crippen molar-refractivity contribution in [3.63, 3.8) is 0 Å². The van der Waals surface area contributed by atoms with Crippen LogP contribution in [0.25, 0.3) is 5.82 Å². The molecule has 0 spiro atoms. The molecule has 116 valence electrons. The second-order valence-corrected chi connectivity index (χ2v) is 4.95. The van der Waals surface area contributed by atoms with Gasteiger partial charge in [-0.2, -0.15) is 5.10 Å². The van der Waals surface area contributed by atoms with Crippen molar-refractivity contribution < 1.29 is 9.63 Å². The number of hydrogen-bond acceptors (Lipinski definition) is 4. The fourth-order valence-electron chi connectivity index (χ4n) is 2.16. The van der Waals surface area contributed by atoms with Gasteiger partial charge in [-0.3, -0.25) is 9.63 Å². The van der Waals surface area contributed by atoms with Crippen molar-refractivity contribution in [1.29, 1.82) is 0 Å². The topological polar surface area (TPSA) is 69.0 Å². The first-order valence-electron chi connectivity index (χ1n) is 7.18. The number of carbonyl (C=O) groups is 1. The lowest BCUT2D eigenvalue weighted by Crippen LogP contribution is -2.24. The van der Waals surface area contributed by atoms with Crippen molar-refractivity contribution in [3.8, 4) is 5.82 Å². The molecule has 0 aliphatic rings. The van der Waals surface area contributed by atoms with Crippen LogP contribution < -0.4 is 5.48 Å². The van der Waals surface area contributed by atoms with Gasteiger partial charge in [-0.25, -0.2) is 15.1 Å². The quantitative estimate of drug-likeness (QED) is 0.735. The van der Waals surface area contributed by atoms with E-state index in [9.17, 15) is 4.79 Å². The number of benzene rings is 1. The predicted octanol–water partition coefficient (Wildman–Crippen LogP) is 2.44. The zero-order valence-electron chi connectivity index (χ0n) is 12.6. The minimum Gasteiger partial charge on any atom is -0.269 e. The van der Waals surface area contributed by atoms with Crippen molar-refractivity contribution in [2.75, 3.05) is 0 Å². The van der Waals surface area contributed by atoms with Crippen LogP contribution in [0.3, 0.4) is 0 Å². The highest BCUT2D eigenvalue weighted by Gasteiger charge is 2.15. The number of hydroxylamine groups is 1. The van der Waals surface area contributed by atoms with E-state index < -0.39 is 0 Å². The van der Waals surface area contributed by atoms with E-state index in [-0.39, 0.29) is 5.91 Å². The van der Waals surface area contributed by atoms with Gasteiger partial charge in [0.15, 0.2) is 5.82 Å². The Bertz CT molecular complexity index is 785. The smallest absolute Gasteiger partial charge is 0.269 e. The summed E-state index contributed by atoms with van der Waals surface area (Å²) in [6.07, 6.45) is 3.18. The van der Waals surface area contributed by atoms with Gasteiger partial charge in [0.25, 0.3) is 5.91 Å². The number of carbonyl (C=O) groups excluding carboxylic acids is 1. The minimum atomic E-state index is -0.333. The lowest BCUT2D eigenvalue weighted by Gasteiger charge is -2.06. The van der Waals surface area contributed by atoms with Gasteiger partial charge in [-0.05, 0) is 24.6 Å². The molecule has 6 nitrogen and oxygen atoms in total. The Balaban J connectivity index is 1.65. The van der Waals surface area contributed by atoms with Crippen LogP contribution in [0.15, 0.2) is 60.9 Å². The molecule has 0 bridgehead atoms. The Kier molecular flexibility index (Phi) is 4.44. The Hall–Kier alpha value is -2.99. The molecule has 6 heteroatoms. The molecule has 1 N–H and O–H groups in total. The average Bonchev–Trinajstić information content (AvgIpc) is 2.98. The van der Waals surface area contributed by atoms with Crippen LogP contribution in [0.1, 0.15) is 21.6 Å². The van der Waals surface area contributed by atoms with Gasteiger partial charge in [0, 0.05) is 6.20 Å². The van der Waals surface area contributed by atoms with E-state index in [1.807, 2.05) is 55.5 Å². The molecule has 1 aromatic carbocycles. The predicted molar refractivity (Wildman–Crippen MR) is 84.8 cm³/mol. The van der Waals surface area contributed by atoms with E-state index in [0.29, 0.717) is 23.7 Å². The number of aromatic nitrogens is 3. The number of nitrogens with zero attached hydrogens (tertiary/aromatic N) is 3. The molecule has 0 aliphatic carbocycles. The largest absolute Gasteiger partial charge is 0.278 e. The van der Waals surface area contributed by atoms with E-state index in [4.69, 9.17) is 4.84 Å². The number of hydrogen-bond donors (Lipinski definition) is 1. The molecule has 0 saturated carbocycles. The van der Waals surface area contributed by atoms with Crippen molar-refractivity contribution in [2.24, 2.45) is 0 Å². The number of nitrogens with one attached hydrogen (secondary N) is 1. The van der Waals surface area contributed by atoms with E-state index in [2.05, 4.69) is 15.6 Å². The standard InChI is InChI=1S/C17H16N4O2/c1-13-15(11-19-21(13)16-9-5-6-10-18-16)17(22)20-23-12-14-7-3-2-4-8-14/h2-11H,12H2,1H3,(H,20,22). The maximum atomic E-state index is 12.2. The zero-order chi connectivity index (χ0) is 16.1. The molecule has 0 aliphatic heterocycles. The summed E-state index contributed by atoms with van der Waals surface area (Å²) in [5.74, 6) is 0.329. The maximum Gasteiger partial charge on any atom is 0.278 e. The van der Waals surface area contributed by atoms with Gasteiger partial charge in [-0.15, -0.1) is 0 Å². The Morgan fingerprint density at radius 2 is 1.96 bits per heavy atom. The van der Waals surface area contributed by atoms with Crippen LogP contribution in [0.4, 0.5) is 0 Å². The summed E-state index contributed by atoms with van der Waals surface area (Å²) >= 11 is 0. The Labute approximate surface area is 133 Å². The normalized spacial score (nSPS) is 10.5. The van der Waals surface area contributed by atoms with Crippen molar-refractivity contribution in [1.82, 2.24) is 20.2 Å². The van der Waals surface area contributed by atoms with Gasteiger partial charge in [0.2, 0.25) is 0 Å². The highest BCUT2D eigenvalue weighted by molar-refractivity contribution is 5.94. The average molecular weight is 308 g/mol. The highest BCUT2D eigenvalue weighted by Crippen LogP contribution is 2.12. The summed E-state index contributed by atoms with van der Waals surface area (Å²) in [5.41, 5.74) is 4.57.